The maximum atomic E-state index is 6.15. The number of benzene rings is 3. The second-order valence-electron chi connectivity index (χ2n) is 5.82. The summed E-state index contributed by atoms with van der Waals surface area (Å²) in [6.45, 7) is 4.44. The van der Waals surface area contributed by atoms with Crippen molar-refractivity contribution in [1.82, 2.24) is 0 Å². The molecule has 0 N–H and O–H groups in total. The second kappa shape index (κ2) is 4.60. The number of fused-ring (bicyclic) bond motifs is 5. The van der Waals surface area contributed by atoms with E-state index in [0.717, 1.165) is 15.6 Å². The van der Waals surface area contributed by atoms with Gasteiger partial charge in [0.15, 0.2) is 0 Å². The second-order valence-corrected chi connectivity index (χ2v) is 6.74. The topological polar surface area (TPSA) is 13.1 Å². The number of halogens is 1. The van der Waals surface area contributed by atoms with Gasteiger partial charge in [0.2, 0.25) is 0 Å². The highest BCUT2D eigenvalue weighted by molar-refractivity contribution is 9.10. The number of hydrogen-bond acceptors (Lipinski definition) is 1. The van der Waals surface area contributed by atoms with E-state index in [1.54, 1.807) is 0 Å². The summed E-state index contributed by atoms with van der Waals surface area (Å²) in [6, 6.07) is 17.2. The largest absolute Gasteiger partial charge is 0.455 e. The third kappa shape index (κ3) is 1.97. The van der Waals surface area contributed by atoms with Gasteiger partial charge in [0, 0.05) is 20.6 Å². The number of hydrogen-bond donors (Lipinski definition) is 0. The van der Waals surface area contributed by atoms with Crippen molar-refractivity contribution < 1.29 is 4.42 Å². The molecule has 0 radical (unpaired) electrons. The summed E-state index contributed by atoms with van der Waals surface area (Å²) in [6.07, 6.45) is 0. The lowest BCUT2D eigenvalue weighted by molar-refractivity contribution is 0.672. The molecule has 104 valence electrons. The van der Waals surface area contributed by atoms with Crippen molar-refractivity contribution in [3.8, 4) is 0 Å². The summed E-state index contributed by atoms with van der Waals surface area (Å²) in [5.74, 6) is 0.517. The Morgan fingerprint density at radius 2 is 1.62 bits per heavy atom. The Balaban J connectivity index is 2.16. The lowest BCUT2D eigenvalue weighted by atomic mass is 9.98. The van der Waals surface area contributed by atoms with Crippen LogP contribution in [0.2, 0.25) is 0 Å². The molecule has 4 rings (SSSR count). The third-order valence-electron chi connectivity index (χ3n) is 4.11. The minimum Gasteiger partial charge on any atom is -0.455 e. The third-order valence-corrected chi connectivity index (χ3v) is 4.60. The van der Waals surface area contributed by atoms with Gasteiger partial charge in [0.25, 0.3) is 0 Å². The predicted molar refractivity (Wildman–Crippen MR) is 93.0 cm³/mol. The van der Waals surface area contributed by atoms with Crippen LogP contribution in [0.1, 0.15) is 25.3 Å². The minimum absolute atomic E-state index is 0.517. The van der Waals surface area contributed by atoms with Gasteiger partial charge in [-0.1, -0.05) is 48.0 Å². The first-order valence-electron chi connectivity index (χ1n) is 7.18. The number of furan rings is 1. The van der Waals surface area contributed by atoms with E-state index in [1.165, 1.54) is 27.1 Å². The number of rotatable bonds is 1. The quantitative estimate of drug-likeness (QED) is 0.379. The van der Waals surface area contributed by atoms with E-state index in [9.17, 15) is 0 Å². The molecule has 1 aromatic heterocycles. The van der Waals surface area contributed by atoms with Crippen LogP contribution in [0.3, 0.4) is 0 Å². The monoisotopic (exact) mass is 338 g/mol. The smallest absolute Gasteiger partial charge is 0.143 e. The zero-order valence-electron chi connectivity index (χ0n) is 12.0. The van der Waals surface area contributed by atoms with Crippen LogP contribution in [-0.4, -0.2) is 0 Å². The van der Waals surface area contributed by atoms with E-state index in [4.69, 9.17) is 4.42 Å². The average molecular weight is 339 g/mol. The average Bonchev–Trinajstić information content (AvgIpc) is 2.84. The van der Waals surface area contributed by atoms with Crippen LogP contribution in [-0.2, 0) is 0 Å². The first-order chi connectivity index (χ1) is 10.1. The van der Waals surface area contributed by atoms with Crippen molar-refractivity contribution >= 4 is 48.6 Å². The van der Waals surface area contributed by atoms with Gasteiger partial charge < -0.3 is 4.42 Å². The molecule has 0 aliphatic heterocycles. The fraction of sp³-hybridized carbons (Fsp3) is 0.158. The van der Waals surface area contributed by atoms with Gasteiger partial charge in [0.05, 0.1) is 0 Å². The molecule has 2 heteroatoms. The molecule has 0 amide bonds. The standard InChI is InChI=1S/C19H15BrO/c1-11(2)13-4-3-12-5-7-16-15-8-6-14(20)10-18(15)21-19(16)17(12)9-13/h3-11H,1-2H3. The Bertz CT molecular complexity index is 979. The normalized spacial score (nSPS) is 12.0. The molecule has 0 aliphatic carbocycles. The van der Waals surface area contributed by atoms with Crippen molar-refractivity contribution in [3.05, 3.63) is 58.6 Å². The van der Waals surface area contributed by atoms with E-state index < -0.39 is 0 Å². The maximum absolute atomic E-state index is 6.15. The van der Waals surface area contributed by atoms with E-state index in [2.05, 4.69) is 72.2 Å². The van der Waals surface area contributed by atoms with Crippen LogP contribution in [0.5, 0.6) is 0 Å². The van der Waals surface area contributed by atoms with Crippen LogP contribution < -0.4 is 0 Å². The Hall–Kier alpha value is -1.80. The van der Waals surface area contributed by atoms with Crippen molar-refractivity contribution in [2.24, 2.45) is 0 Å². The van der Waals surface area contributed by atoms with Crippen LogP contribution in [0, 0.1) is 0 Å². The summed E-state index contributed by atoms with van der Waals surface area (Å²) in [7, 11) is 0. The summed E-state index contributed by atoms with van der Waals surface area (Å²) in [4.78, 5) is 0. The molecule has 0 bridgehead atoms. The Morgan fingerprint density at radius 3 is 2.43 bits per heavy atom. The zero-order valence-corrected chi connectivity index (χ0v) is 13.6. The van der Waals surface area contributed by atoms with Gasteiger partial charge in [-0.2, -0.15) is 0 Å². The zero-order chi connectivity index (χ0) is 14.6. The van der Waals surface area contributed by atoms with E-state index in [-0.39, 0.29) is 0 Å². The Morgan fingerprint density at radius 1 is 0.857 bits per heavy atom. The van der Waals surface area contributed by atoms with Gasteiger partial charge in [-0.25, -0.2) is 0 Å². The summed E-state index contributed by atoms with van der Waals surface area (Å²) < 4.78 is 7.19. The van der Waals surface area contributed by atoms with Gasteiger partial charge >= 0.3 is 0 Å². The van der Waals surface area contributed by atoms with Crippen LogP contribution in [0.4, 0.5) is 0 Å². The molecule has 0 unspecified atom stereocenters. The first kappa shape index (κ1) is 12.9. The van der Waals surface area contributed by atoms with Gasteiger partial charge in [-0.05, 0) is 47.2 Å². The van der Waals surface area contributed by atoms with E-state index >= 15 is 0 Å². The Kier molecular flexibility index (Phi) is 2.83. The molecule has 0 spiro atoms. The molecule has 1 heterocycles. The molecule has 0 fully saturated rings. The molecular formula is C19H15BrO. The maximum Gasteiger partial charge on any atom is 0.143 e. The fourth-order valence-corrected chi connectivity index (χ4v) is 3.24. The molecule has 0 saturated carbocycles. The lowest BCUT2D eigenvalue weighted by Crippen LogP contribution is -1.86. The molecule has 3 aromatic carbocycles. The van der Waals surface area contributed by atoms with Crippen LogP contribution in [0.15, 0.2) is 57.4 Å². The fourth-order valence-electron chi connectivity index (χ4n) is 2.90. The first-order valence-corrected chi connectivity index (χ1v) is 7.97. The lowest BCUT2D eigenvalue weighted by Gasteiger charge is -2.07. The van der Waals surface area contributed by atoms with Crippen molar-refractivity contribution in [3.63, 3.8) is 0 Å². The molecule has 21 heavy (non-hydrogen) atoms. The Labute approximate surface area is 131 Å². The summed E-state index contributed by atoms with van der Waals surface area (Å²) in [5, 5.41) is 4.78. The van der Waals surface area contributed by atoms with Crippen LogP contribution >= 0.6 is 15.9 Å². The molecule has 0 aliphatic rings. The van der Waals surface area contributed by atoms with Gasteiger partial charge in [-0.3, -0.25) is 0 Å². The SMILES string of the molecule is CC(C)c1ccc2ccc3c4ccc(Br)cc4oc3c2c1. The van der Waals surface area contributed by atoms with Crippen molar-refractivity contribution in [1.29, 1.82) is 0 Å². The van der Waals surface area contributed by atoms with Crippen LogP contribution in [0.25, 0.3) is 32.7 Å². The minimum atomic E-state index is 0.517. The van der Waals surface area contributed by atoms with Gasteiger partial charge in [-0.15, -0.1) is 0 Å². The highest BCUT2D eigenvalue weighted by Crippen LogP contribution is 2.36. The van der Waals surface area contributed by atoms with Gasteiger partial charge in [0.1, 0.15) is 11.2 Å². The van der Waals surface area contributed by atoms with Crippen molar-refractivity contribution in [2.75, 3.05) is 0 Å². The highest BCUT2D eigenvalue weighted by Gasteiger charge is 2.11. The van der Waals surface area contributed by atoms with E-state index in [0.29, 0.717) is 5.92 Å². The molecule has 4 aromatic rings. The summed E-state index contributed by atoms with van der Waals surface area (Å²) >= 11 is 3.51. The molecule has 0 saturated heterocycles. The molecule has 1 nitrogen and oxygen atoms in total. The molecule has 0 atom stereocenters. The summed E-state index contributed by atoms with van der Waals surface area (Å²) in [5.41, 5.74) is 3.27. The highest BCUT2D eigenvalue weighted by atomic mass is 79.9. The predicted octanol–water partition coefficient (Wildman–Crippen LogP) is 6.63. The van der Waals surface area contributed by atoms with E-state index in [1.807, 2.05) is 6.07 Å². The van der Waals surface area contributed by atoms with Crippen molar-refractivity contribution in [2.45, 2.75) is 19.8 Å². The molecular weight excluding hydrogens is 324 g/mol.